The molecule has 5 heteroatoms. The van der Waals surface area contributed by atoms with E-state index < -0.39 is 0 Å². The summed E-state index contributed by atoms with van der Waals surface area (Å²) in [6.07, 6.45) is 1.68. The lowest BCUT2D eigenvalue weighted by atomic mass is 10.1. The molecule has 14 heavy (non-hydrogen) atoms. The first-order valence-electron chi connectivity index (χ1n) is 4.50. The van der Waals surface area contributed by atoms with E-state index in [0.29, 0.717) is 12.5 Å². The molecule has 1 rings (SSSR count). The molecule has 1 unspecified atom stereocenters. The van der Waals surface area contributed by atoms with Crippen molar-refractivity contribution in [1.29, 1.82) is 0 Å². The molecular weight excluding hydrogens is 180 g/mol. The van der Waals surface area contributed by atoms with Crippen LogP contribution in [0.5, 0.6) is 0 Å². The number of aromatic nitrogens is 2. The minimum atomic E-state index is -0.100. The average Bonchev–Trinajstić information content (AvgIpc) is 2.20. The summed E-state index contributed by atoms with van der Waals surface area (Å²) in [5.41, 5.74) is 6.29. The van der Waals surface area contributed by atoms with E-state index in [2.05, 4.69) is 9.97 Å². The van der Waals surface area contributed by atoms with Crippen molar-refractivity contribution in [2.24, 2.45) is 5.73 Å². The fourth-order valence-electron chi connectivity index (χ4n) is 1.09. The molecule has 0 spiro atoms. The zero-order valence-electron chi connectivity index (χ0n) is 8.51. The molecular formula is C9H16N4O. The summed E-state index contributed by atoms with van der Waals surface area (Å²) >= 11 is 0. The Bertz CT molecular complexity index is 286. The first kappa shape index (κ1) is 10.9. The van der Waals surface area contributed by atoms with Gasteiger partial charge in [0.25, 0.3) is 0 Å². The van der Waals surface area contributed by atoms with Gasteiger partial charge in [-0.3, -0.25) is 0 Å². The molecule has 3 N–H and O–H groups in total. The Labute approximate surface area is 83.6 Å². The van der Waals surface area contributed by atoms with Crippen LogP contribution in [-0.4, -0.2) is 42.3 Å². The maximum Gasteiger partial charge on any atom is 0.224 e. The van der Waals surface area contributed by atoms with Crippen molar-refractivity contribution >= 4 is 5.95 Å². The molecule has 0 saturated carbocycles. The fraction of sp³-hybridized carbons (Fsp3) is 0.556. The van der Waals surface area contributed by atoms with Crippen LogP contribution in [-0.2, 0) is 0 Å². The summed E-state index contributed by atoms with van der Waals surface area (Å²) in [7, 11) is 3.74. The maximum atomic E-state index is 9.05. The second kappa shape index (κ2) is 4.88. The SMILES string of the molecule is CN(C)c1nccc(C(CN)CO)n1. The third kappa shape index (κ3) is 2.40. The Morgan fingerprint density at radius 2 is 2.29 bits per heavy atom. The number of aliphatic hydroxyl groups is 1. The molecule has 1 aromatic rings. The first-order chi connectivity index (χ1) is 6.69. The highest BCUT2D eigenvalue weighted by Gasteiger charge is 2.11. The van der Waals surface area contributed by atoms with Gasteiger partial charge in [0.1, 0.15) is 0 Å². The van der Waals surface area contributed by atoms with E-state index in [1.54, 1.807) is 12.3 Å². The number of rotatable bonds is 4. The topological polar surface area (TPSA) is 75.3 Å². The largest absolute Gasteiger partial charge is 0.396 e. The summed E-state index contributed by atoms with van der Waals surface area (Å²) in [5.74, 6) is 0.533. The Morgan fingerprint density at radius 3 is 2.79 bits per heavy atom. The van der Waals surface area contributed by atoms with Crippen molar-refractivity contribution in [1.82, 2.24) is 9.97 Å². The van der Waals surface area contributed by atoms with Gasteiger partial charge in [-0.25, -0.2) is 9.97 Å². The van der Waals surface area contributed by atoms with Gasteiger partial charge in [0.15, 0.2) is 0 Å². The Balaban J connectivity index is 2.92. The van der Waals surface area contributed by atoms with Gasteiger partial charge in [-0.1, -0.05) is 0 Å². The van der Waals surface area contributed by atoms with Gasteiger partial charge in [0, 0.05) is 32.8 Å². The highest BCUT2D eigenvalue weighted by molar-refractivity contribution is 5.28. The van der Waals surface area contributed by atoms with Crippen LogP contribution in [0.15, 0.2) is 12.3 Å². The fourth-order valence-corrected chi connectivity index (χ4v) is 1.09. The Hall–Kier alpha value is -1.20. The van der Waals surface area contributed by atoms with Crippen LogP contribution in [0.4, 0.5) is 5.95 Å². The normalized spacial score (nSPS) is 12.6. The molecule has 1 heterocycles. The zero-order valence-corrected chi connectivity index (χ0v) is 8.51. The quantitative estimate of drug-likeness (QED) is 0.684. The highest BCUT2D eigenvalue weighted by Crippen LogP contribution is 2.12. The summed E-state index contributed by atoms with van der Waals surface area (Å²) < 4.78 is 0. The summed E-state index contributed by atoms with van der Waals surface area (Å²) in [6.45, 7) is 0.404. The van der Waals surface area contributed by atoms with Crippen molar-refractivity contribution in [2.75, 3.05) is 32.1 Å². The summed E-state index contributed by atoms with van der Waals surface area (Å²) in [6, 6.07) is 1.78. The van der Waals surface area contributed by atoms with Crippen LogP contribution in [0.3, 0.4) is 0 Å². The van der Waals surface area contributed by atoms with Crippen LogP contribution in [0.1, 0.15) is 11.6 Å². The average molecular weight is 196 g/mol. The number of hydrogen-bond acceptors (Lipinski definition) is 5. The van der Waals surface area contributed by atoms with E-state index in [-0.39, 0.29) is 12.5 Å². The van der Waals surface area contributed by atoms with Crippen molar-refractivity contribution in [2.45, 2.75) is 5.92 Å². The second-order valence-electron chi connectivity index (χ2n) is 3.29. The van der Waals surface area contributed by atoms with Crippen molar-refractivity contribution in [3.05, 3.63) is 18.0 Å². The number of nitrogens with zero attached hydrogens (tertiary/aromatic N) is 3. The van der Waals surface area contributed by atoms with E-state index >= 15 is 0 Å². The van der Waals surface area contributed by atoms with Gasteiger partial charge in [0.2, 0.25) is 5.95 Å². The predicted molar refractivity (Wildman–Crippen MR) is 55.2 cm³/mol. The minimum Gasteiger partial charge on any atom is -0.396 e. The third-order valence-electron chi connectivity index (χ3n) is 1.99. The molecule has 78 valence electrons. The number of anilines is 1. The molecule has 0 amide bonds. The predicted octanol–water partition coefficient (Wildman–Crippen LogP) is -0.423. The van der Waals surface area contributed by atoms with E-state index in [4.69, 9.17) is 10.8 Å². The van der Waals surface area contributed by atoms with E-state index in [1.807, 2.05) is 19.0 Å². The van der Waals surface area contributed by atoms with Gasteiger partial charge < -0.3 is 15.7 Å². The molecule has 0 aliphatic heterocycles. The molecule has 0 aliphatic rings. The number of aliphatic hydroxyl groups excluding tert-OH is 1. The highest BCUT2D eigenvalue weighted by atomic mass is 16.3. The zero-order chi connectivity index (χ0) is 10.6. The lowest BCUT2D eigenvalue weighted by Crippen LogP contribution is -2.19. The van der Waals surface area contributed by atoms with E-state index in [1.165, 1.54) is 0 Å². The standard InChI is InChI=1S/C9H16N4O/c1-13(2)9-11-4-3-8(12-9)7(5-10)6-14/h3-4,7,14H,5-6,10H2,1-2H3. The molecule has 0 bridgehead atoms. The van der Waals surface area contributed by atoms with Gasteiger partial charge in [-0.2, -0.15) is 0 Å². The van der Waals surface area contributed by atoms with Crippen molar-refractivity contribution in [3.8, 4) is 0 Å². The minimum absolute atomic E-state index is 0.0143. The van der Waals surface area contributed by atoms with Crippen LogP contribution in [0, 0.1) is 0 Å². The summed E-state index contributed by atoms with van der Waals surface area (Å²) in [5, 5.41) is 9.05. The molecule has 0 fully saturated rings. The molecule has 1 atom stereocenters. The smallest absolute Gasteiger partial charge is 0.224 e. The van der Waals surface area contributed by atoms with Crippen LogP contribution in [0.25, 0.3) is 0 Å². The Morgan fingerprint density at radius 1 is 1.57 bits per heavy atom. The van der Waals surface area contributed by atoms with E-state index in [9.17, 15) is 0 Å². The van der Waals surface area contributed by atoms with Gasteiger partial charge in [-0.15, -0.1) is 0 Å². The third-order valence-corrected chi connectivity index (χ3v) is 1.99. The van der Waals surface area contributed by atoms with Gasteiger partial charge in [-0.05, 0) is 6.07 Å². The van der Waals surface area contributed by atoms with Crippen LogP contribution in [0.2, 0.25) is 0 Å². The monoisotopic (exact) mass is 196 g/mol. The van der Waals surface area contributed by atoms with Gasteiger partial charge in [0.05, 0.1) is 12.3 Å². The lowest BCUT2D eigenvalue weighted by molar-refractivity contribution is 0.265. The van der Waals surface area contributed by atoms with Crippen molar-refractivity contribution in [3.63, 3.8) is 0 Å². The van der Waals surface area contributed by atoms with Gasteiger partial charge >= 0.3 is 0 Å². The molecule has 0 aliphatic carbocycles. The van der Waals surface area contributed by atoms with E-state index in [0.717, 1.165) is 5.69 Å². The number of nitrogens with two attached hydrogens (primary N) is 1. The number of hydrogen-bond donors (Lipinski definition) is 2. The van der Waals surface area contributed by atoms with Crippen LogP contribution >= 0.6 is 0 Å². The molecule has 5 nitrogen and oxygen atoms in total. The first-order valence-corrected chi connectivity index (χ1v) is 4.50. The van der Waals surface area contributed by atoms with Crippen LogP contribution < -0.4 is 10.6 Å². The molecule has 0 radical (unpaired) electrons. The Kier molecular flexibility index (Phi) is 3.79. The molecule has 1 aromatic heterocycles. The maximum absolute atomic E-state index is 9.05. The molecule has 0 aromatic carbocycles. The molecule has 0 saturated heterocycles. The lowest BCUT2D eigenvalue weighted by Gasteiger charge is -2.14. The second-order valence-corrected chi connectivity index (χ2v) is 3.29. The van der Waals surface area contributed by atoms with Crippen molar-refractivity contribution < 1.29 is 5.11 Å². The summed E-state index contributed by atoms with van der Waals surface area (Å²) in [4.78, 5) is 10.2.